The standard InChI is InChI=1S/C26H32N6O/c1-4-6-7-10-22-18-31(19(3)5-2)26(33)32(22)17-20-13-15-21(16-14-20)23-11-8-9-12-24(23)25-27-29-30-28-25/h8-9,11-16,18-19H,4-7,10,17H2,1-3H3,(H,27,28,29,30). The van der Waals surface area contributed by atoms with E-state index >= 15 is 0 Å². The highest BCUT2D eigenvalue weighted by Crippen LogP contribution is 2.29. The van der Waals surface area contributed by atoms with Crippen LogP contribution in [0.2, 0.25) is 0 Å². The number of nitrogens with one attached hydrogen (secondary N) is 1. The molecule has 4 rings (SSSR count). The highest BCUT2D eigenvalue weighted by Gasteiger charge is 2.15. The molecule has 7 nitrogen and oxygen atoms in total. The summed E-state index contributed by atoms with van der Waals surface area (Å²) in [5, 5.41) is 14.3. The number of unbranched alkanes of at least 4 members (excludes halogenated alkanes) is 2. The molecule has 0 spiro atoms. The lowest BCUT2D eigenvalue weighted by Crippen LogP contribution is -2.27. The van der Waals surface area contributed by atoms with Crippen molar-refractivity contribution in [1.82, 2.24) is 29.8 Å². The minimum Gasteiger partial charge on any atom is -0.296 e. The summed E-state index contributed by atoms with van der Waals surface area (Å²) in [5.74, 6) is 0.643. The van der Waals surface area contributed by atoms with E-state index in [4.69, 9.17) is 0 Å². The number of hydrogen-bond acceptors (Lipinski definition) is 4. The quantitative estimate of drug-likeness (QED) is 0.339. The molecular weight excluding hydrogens is 412 g/mol. The summed E-state index contributed by atoms with van der Waals surface area (Å²) in [6, 6.07) is 16.7. The van der Waals surface area contributed by atoms with Gasteiger partial charge in [0.1, 0.15) is 0 Å². The van der Waals surface area contributed by atoms with E-state index in [1.54, 1.807) is 0 Å². The first-order chi connectivity index (χ1) is 16.1. The molecule has 1 atom stereocenters. The molecule has 0 radical (unpaired) electrons. The minimum atomic E-state index is 0.0862. The fraction of sp³-hybridized carbons (Fsp3) is 0.385. The van der Waals surface area contributed by atoms with Gasteiger partial charge in [-0.15, -0.1) is 5.10 Å². The molecule has 0 aliphatic rings. The normalized spacial score (nSPS) is 12.2. The average Bonchev–Trinajstić information content (AvgIpc) is 3.49. The van der Waals surface area contributed by atoms with Gasteiger partial charge in [-0.25, -0.2) is 9.89 Å². The van der Waals surface area contributed by atoms with Crippen LogP contribution in [-0.2, 0) is 13.0 Å². The molecule has 4 aromatic rings. The van der Waals surface area contributed by atoms with Crippen molar-refractivity contribution in [1.29, 1.82) is 0 Å². The zero-order valence-electron chi connectivity index (χ0n) is 19.7. The van der Waals surface area contributed by atoms with E-state index in [0.717, 1.165) is 47.2 Å². The largest absolute Gasteiger partial charge is 0.328 e. The van der Waals surface area contributed by atoms with Gasteiger partial charge in [-0.05, 0) is 53.3 Å². The number of imidazole rings is 1. The van der Waals surface area contributed by atoms with Crippen LogP contribution in [0.15, 0.2) is 59.5 Å². The highest BCUT2D eigenvalue weighted by atomic mass is 16.1. The Bertz CT molecular complexity index is 1220. The third-order valence-electron chi connectivity index (χ3n) is 6.32. The summed E-state index contributed by atoms with van der Waals surface area (Å²) in [5.41, 5.74) is 5.42. The molecule has 33 heavy (non-hydrogen) atoms. The van der Waals surface area contributed by atoms with Crippen molar-refractivity contribution in [2.75, 3.05) is 0 Å². The molecule has 172 valence electrons. The number of nitrogens with zero attached hydrogens (tertiary/aromatic N) is 5. The number of hydrogen-bond donors (Lipinski definition) is 1. The molecule has 0 saturated carbocycles. The van der Waals surface area contributed by atoms with E-state index in [2.05, 4.69) is 77.9 Å². The van der Waals surface area contributed by atoms with Crippen LogP contribution in [0.25, 0.3) is 22.5 Å². The minimum absolute atomic E-state index is 0.0862. The Kier molecular flexibility index (Phi) is 7.17. The Labute approximate surface area is 194 Å². The molecule has 2 heterocycles. The Morgan fingerprint density at radius 3 is 2.42 bits per heavy atom. The fourth-order valence-corrected chi connectivity index (χ4v) is 4.17. The molecule has 0 aliphatic heterocycles. The Hall–Kier alpha value is -3.48. The zero-order chi connectivity index (χ0) is 23.2. The van der Waals surface area contributed by atoms with Gasteiger partial charge in [-0.1, -0.05) is 75.2 Å². The average molecular weight is 445 g/mol. The zero-order valence-corrected chi connectivity index (χ0v) is 19.7. The molecular formula is C26H32N6O. The summed E-state index contributed by atoms with van der Waals surface area (Å²) in [6.45, 7) is 7.02. The molecule has 0 saturated heterocycles. The maximum absolute atomic E-state index is 13.2. The second-order valence-electron chi connectivity index (χ2n) is 8.60. The van der Waals surface area contributed by atoms with Crippen LogP contribution in [0.4, 0.5) is 0 Å². The predicted molar refractivity (Wildman–Crippen MR) is 131 cm³/mol. The second-order valence-corrected chi connectivity index (χ2v) is 8.60. The molecule has 0 amide bonds. The predicted octanol–water partition coefficient (Wildman–Crippen LogP) is 5.25. The molecule has 2 aromatic heterocycles. The summed E-state index contributed by atoms with van der Waals surface area (Å²) >= 11 is 0. The molecule has 7 heteroatoms. The monoisotopic (exact) mass is 444 g/mol. The molecule has 0 fully saturated rings. The molecule has 0 aliphatic carbocycles. The first kappa shape index (κ1) is 22.7. The van der Waals surface area contributed by atoms with Crippen molar-refractivity contribution in [3.05, 3.63) is 76.5 Å². The van der Waals surface area contributed by atoms with Crippen LogP contribution in [0.1, 0.15) is 63.8 Å². The van der Waals surface area contributed by atoms with Gasteiger partial charge in [0.15, 0.2) is 5.82 Å². The van der Waals surface area contributed by atoms with E-state index < -0.39 is 0 Å². The molecule has 1 unspecified atom stereocenters. The van der Waals surface area contributed by atoms with Crippen molar-refractivity contribution in [2.45, 2.75) is 65.5 Å². The number of rotatable bonds is 10. The summed E-state index contributed by atoms with van der Waals surface area (Å²) in [6.07, 6.45) is 7.39. The van der Waals surface area contributed by atoms with Gasteiger partial charge < -0.3 is 0 Å². The van der Waals surface area contributed by atoms with Crippen molar-refractivity contribution < 1.29 is 0 Å². The lowest BCUT2D eigenvalue weighted by molar-refractivity contribution is 0.504. The van der Waals surface area contributed by atoms with Gasteiger partial charge >= 0.3 is 5.69 Å². The van der Waals surface area contributed by atoms with Crippen molar-refractivity contribution in [3.63, 3.8) is 0 Å². The van der Waals surface area contributed by atoms with E-state index in [-0.39, 0.29) is 11.7 Å². The van der Waals surface area contributed by atoms with Gasteiger partial charge in [0.2, 0.25) is 0 Å². The maximum atomic E-state index is 13.2. The van der Waals surface area contributed by atoms with Crippen molar-refractivity contribution in [2.24, 2.45) is 0 Å². The Balaban J connectivity index is 1.61. The van der Waals surface area contributed by atoms with Crippen molar-refractivity contribution >= 4 is 0 Å². The Morgan fingerprint density at radius 2 is 1.76 bits per heavy atom. The first-order valence-corrected chi connectivity index (χ1v) is 11.8. The molecule has 2 aromatic carbocycles. The number of aromatic amines is 1. The van der Waals surface area contributed by atoms with E-state index in [0.29, 0.717) is 12.4 Å². The topological polar surface area (TPSA) is 81.4 Å². The number of benzene rings is 2. The number of H-pyrrole nitrogens is 1. The van der Waals surface area contributed by atoms with E-state index in [9.17, 15) is 4.79 Å². The fourth-order valence-electron chi connectivity index (χ4n) is 4.17. The van der Waals surface area contributed by atoms with E-state index in [1.807, 2.05) is 27.3 Å². The van der Waals surface area contributed by atoms with Gasteiger partial charge in [0.05, 0.1) is 6.54 Å². The van der Waals surface area contributed by atoms with E-state index in [1.165, 1.54) is 12.8 Å². The van der Waals surface area contributed by atoms with Crippen LogP contribution in [0, 0.1) is 0 Å². The number of aromatic nitrogens is 6. The van der Waals surface area contributed by atoms with Gasteiger partial charge in [-0.2, -0.15) is 0 Å². The van der Waals surface area contributed by atoms with Gasteiger partial charge in [-0.3, -0.25) is 9.13 Å². The van der Waals surface area contributed by atoms with Crippen molar-refractivity contribution in [3.8, 4) is 22.5 Å². The Morgan fingerprint density at radius 1 is 1.00 bits per heavy atom. The number of tetrazole rings is 1. The van der Waals surface area contributed by atoms with Crippen LogP contribution in [0.3, 0.4) is 0 Å². The highest BCUT2D eigenvalue weighted by molar-refractivity contribution is 5.80. The lowest BCUT2D eigenvalue weighted by Gasteiger charge is -2.10. The maximum Gasteiger partial charge on any atom is 0.328 e. The first-order valence-electron chi connectivity index (χ1n) is 11.8. The smallest absolute Gasteiger partial charge is 0.296 e. The third-order valence-corrected chi connectivity index (χ3v) is 6.32. The van der Waals surface area contributed by atoms with Crippen LogP contribution in [-0.4, -0.2) is 29.8 Å². The second kappa shape index (κ2) is 10.4. The number of aryl methyl sites for hydroxylation is 1. The lowest BCUT2D eigenvalue weighted by atomic mass is 9.98. The molecule has 0 bridgehead atoms. The third kappa shape index (κ3) is 4.97. The van der Waals surface area contributed by atoms with Crippen LogP contribution in [0.5, 0.6) is 0 Å². The SMILES string of the molecule is CCCCCc1cn(C(C)CC)c(=O)n1Cc1ccc(-c2ccccc2-c2nnn[nH]2)cc1. The summed E-state index contributed by atoms with van der Waals surface area (Å²) in [4.78, 5) is 13.2. The summed E-state index contributed by atoms with van der Waals surface area (Å²) in [7, 11) is 0. The van der Waals surface area contributed by atoms with Gasteiger partial charge in [0.25, 0.3) is 0 Å². The summed E-state index contributed by atoms with van der Waals surface area (Å²) < 4.78 is 3.85. The van der Waals surface area contributed by atoms with Crippen LogP contribution >= 0.6 is 0 Å². The van der Waals surface area contributed by atoms with Gasteiger partial charge in [0, 0.05) is 23.5 Å². The molecule has 1 N–H and O–H groups in total. The van der Waals surface area contributed by atoms with Crippen LogP contribution < -0.4 is 5.69 Å².